The molecule has 1 unspecified atom stereocenters. The zero-order chi connectivity index (χ0) is 20.1. The Bertz CT molecular complexity index is 856. The number of hydrogen-bond acceptors (Lipinski definition) is 6. The largest absolute Gasteiger partial charge is 0.372 e. The van der Waals surface area contributed by atoms with E-state index in [0.29, 0.717) is 48.8 Å². The van der Waals surface area contributed by atoms with Crippen molar-refractivity contribution in [3.05, 3.63) is 47.8 Å². The fourth-order valence-electron chi connectivity index (χ4n) is 3.44. The number of nitrogens with zero attached hydrogens (tertiary/aromatic N) is 4. The van der Waals surface area contributed by atoms with Crippen LogP contribution >= 0.6 is 0 Å². The van der Waals surface area contributed by atoms with Crippen LogP contribution in [-0.4, -0.2) is 71.4 Å². The highest BCUT2D eigenvalue weighted by Crippen LogP contribution is 2.21. The number of pyridine rings is 2. The van der Waals surface area contributed by atoms with E-state index in [0.717, 1.165) is 0 Å². The van der Waals surface area contributed by atoms with Crippen LogP contribution in [0.3, 0.4) is 0 Å². The summed E-state index contributed by atoms with van der Waals surface area (Å²) in [7, 11) is 3.50. The monoisotopic (exact) mass is 382 g/mol. The zero-order valence-corrected chi connectivity index (χ0v) is 16.5. The van der Waals surface area contributed by atoms with Crippen LogP contribution < -0.4 is 10.6 Å². The Morgan fingerprint density at radius 2 is 1.50 bits per heavy atom. The van der Waals surface area contributed by atoms with Crippen LogP contribution in [0, 0.1) is 0 Å². The van der Waals surface area contributed by atoms with Gasteiger partial charge >= 0.3 is 0 Å². The lowest BCUT2D eigenvalue weighted by Crippen LogP contribution is -2.40. The minimum Gasteiger partial charge on any atom is -0.372 e. The first-order valence-electron chi connectivity index (χ1n) is 9.42. The van der Waals surface area contributed by atoms with E-state index in [9.17, 15) is 9.59 Å². The Morgan fingerprint density at radius 1 is 0.929 bits per heavy atom. The van der Waals surface area contributed by atoms with Crippen molar-refractivity contribution in [3.8, 4) is 0 Å². The van der Waals surface area contributed by atoms with Gasteiger partial charge in [0, 0.05) is 52.2 Å². The van der Waals surface area contributed by atoms with E-state index in [1.165, 1.54) is 0 Å². The standard InChI is InChI=1S/C20H26N6O2/c1-14-8-11-25(19(27)15-6-4-9-23-17(15)21-2)12-13-26(14)20(28)16-7-5-10-24-18(16)22-3/h4-7,9-10,14H,8,11-13H2,1-3H3,(H,21,23)(H,22,24). The number of nitrogens with one attached hydrogen (secondary N) is 2. The molecule has 1 atom stereocenters. The molecule has 0 bridgehead atoms. The summed E-state index contributed by atoms with van der Waals surface area (Å²) in [6, 6.07) is 7.08. The average Bonchev–Trinajstić information content (AvgIpc) is 2.94. The lowest BCUT2D eigenvalue weighted by molar-refractivity contribution is 0.0683. The number of carbonyl (C=O) groups is 2. The second kappa shape index (κ2) is 8.69. The Morgan fingerprint density at radius 3 is 2.07 bits per heavy atom. The van der Waals surface area contributed by atoms with Crippen molar-refractivity contribution < 1.29 is 9.59 Å². The molecular formula is C20H26N6O2. The molecule has 3 rings (SSSR count). The van der Waals surface area contributed by atoms with Gasteiger partial charge in [-0.25, -0.2) is 9.97 Å². The predicted molar refractivity (Wildman–Crippen MR) is 109 cm³/mol. The molecule has 0 aliphatic carbocycles. The van der Waals surface area contributed by atoms with Gasteiger partial charge in [0.25, 0.3) is 11.8 Å². The third-order valence-electron chi connectivity index (χ3n) is 5.06. The molecule has 1 saturated heterocycles. The summed E-state index contributed by atoms with van der Waals surface area (Å²) in [6.07, 6.45) is 4.02. The van der Waals surface area contributed by atoms with Crippen LogP contribution in [0.2, 0.25) is 0 Å². The number of aromatic nitrogens is 2. The average molecular weight is 382 g/mol. The molecule has 1 aliphatic heterocycles. The number of hydrogen-bond donors (Lipinski definition) is 2. The Hall–Kier alpha value is -3.16. The number of rotatable bonds is 4. The van der Waals surface area contributed by atoms with Crippen LogP contribution in [0.4, 0.5) is 11.6 Å². The fourth-order valence-corrected chi connectivity index (χ4v) is 3.44. The maximum atomic E-state index is 13.1. The molecule has 148 valence electrons. The highest BCUT2D eigenvalue weighted by Gasteiger charge is 2.29. The predicted octanol–water partition coefficient (Wildman–Crippen LogP) is 1.94. The molecule has 1 fully saturated rings. The minimum atomic E-state index is -0.0729. The summed E-state index contributed by atoms with van der Waals surface area (Å²) in [5, 5.41) is 5.93. The number of amides is 2. The van der Waals surface area contributed by atoms with Crippen molar-refractivity contribution in [2.24, 2.45) is 0 Å². The molecule has 2 aromatic heterocycles. The molecule has 8 heteroatoms. The van der Waals surface area contributed by atoms with Crippen molar-refractivity contribution in [1.29, 1.82) is 0 Å². The van der Waals surface area contributed by atoms with Crippen LogP contribution in [0.1, 0.15) is 34.1 Å². The Balaban J connectivity index is 1.77. The fraction of sp³-hybridized carbons (Fsp3) is 0.400. The van der Waals surface area contributed by atoms with Gasteiger partial charge in [-0.05, 0) is 37.6 Å². The molecule has 2 amide bonds. The molecule has 0 saturated carbocycles. The quantitative estimate of drug-likeness (QED) is 0.840. The van der Waals surface area contributed by atoms with Gasteiger partial charge in [-0.1, -0.05) is 0 Å². The lowest BCUT2D eigenvalue weighted by atomic mass is 10.1. The third-order valence-corrected chi connectivity index (χ3v) is 5.06. The van der Waals surface area contributed by atoms with E-state index >= 15 is 0 Å². The Kier molecular flexibility index (Phi) is 6.08. The molecule has 0 aromatic carbocycles. The van der Waals surface area contributed by atoms with Gasteiger partial charge in [-0.3, -0.25) is 9.59 Å². The Labute approximate surface area is 165 Å². The van der Waals surface area contributed by atoms with Crippen LogP contribution in [0.25, 0.3) is 0 Å². The number of anilines is 2. The highest BCUT2D eigenvalue weighted by atomic mass is 16.2. The number of carbonyl (C=O) groups excluding carboxylic acids is 2. The van der Waals surface area contributed by atoms with Crippen LogP contribution in [0.5, 0.6) is 0 Å². The van der Waals surface area contributed by atoms with Gasteiger partial charge in [0.1, 0.15) is 11.6 Å². The van der Waals surface area contributed by atoms with Gasteiger partial charge in [-0.15, -0.1) is 0 Å². The maximum Gasteiger partial charge on any atom is 0.257 e. The summed E-state index contributed by atoms with van der Waals surface area (Å²) in [4.78, 5) is 38.2. The maximum absolute atomic E-state index is 13.1. The van der Waals surface area contributed by atoms with Gasteiger partial charge in [-0.2, -0.15) is 0 Å². The summed E-state index contributed by atoms with van der Waals surface area (Å²) in [5.74, 6) is 0.977. The molecule has 3 heterocycles. The molecular weight excluding hydrogens is 356 g/mol. The highest BCUT2D eigenvalue weighted by molar-refractivity contribution is 6.00. The van der Waals surface area contributed by atoms with Crippen LogP contribution in [0.15, 0.2) is 36.7 Å². The second-order valence-corrected chi connectivity index (χ2v) is 6.73. The first-order chi connectivity index (χ1) is 13.6. The lowest BCUT2D eigenvalue weighted by Gasteiger charge is -2.27. The summed E-state index contributed by atoms with van der Waals surface area (Å²) < 4.78 is 0. The van der Waals surface area contributed by atoms with Crippen LogP contribution in [-0.2, 0) is 0 Å². The topological polar surface area (TPSA) is 90.5 Å². The van der Waals surface area contributed by atoms with Gasteiger partial charge in [0.15, 0.2) is 0 Å². The SMILES string of the molecule is CNc1ncccc1C(=O)N1CCC(C)N(C(=O)c2cccnc2NC)CC1. The van der Waals surface area contributed by atoms with E-state index < -0.39 is 0 Å². The van der Waals surface area contributed by atoms with Crippen molar-refractivity contribution in [2.45, 2.75) is 19.4 Å². The van der Waals surface area contributed by atoms with Gasteiger partial charge in [0.2, 0.25) is 0 Å². The first kappa shape index (κ1) is 19.6. The van der Waals surface area contributed by atoms with E-state index in [4.69, 9.17) is 0 Å². The summed E-state index contributed by atoms with van der Waals surface area (Å²) in [5.41, 5.74) is 1.09. The van der Waals surface area contributed by atoms with Gasteiger partial charge in [0.05, 0.1) is 11.1 Å². The van der Waals surface area contributed by atoms with E-state index in [1.807, 2.05) is 11.8 Å². The third kappa shape index (κ3) is 3.90. The summed E-state index contributed by atoms with van der Waals surface area (Å²) >= 11 is 0. The van der Waals surface area contributed by atoms with Crippen molar-refractivity contribution >= 4 is 23.5 Å². The molecule has 0 spiro atoms. The van der Waals surface area contributed by atoms with Crippen molar-refractivity contribution in [3.63, 3.8) is 0 Å². The van der Waals surface area contributed by atoms with E-state index in [-0.39, 0.29) is 17.9 Å². The molecule has 8 nitrogen and oxygen atoms in total. The molecule has 1 aliphatic rings. The van der Waals surface area contributed by atoms with Crippen molar-refractivity contribution in [2.75, 3.05) is 44.4 Å². The van der Waals surface area contributed by atoms with Crippen molar-refractivity contribution in [1.82, 2.24) is 19.8 Å². The van der Waals surface area contributed by atoms with Gasteiger partial charge < -0.3 is 20.4 Å². The molecule has 0 radical (unpaired) electrons. The van der Waals surface area contributed by atoms with E-state index in [1.54, 1.807) is 55.7 Å². The minimum absolute atomic E-state index is 0.0212. The first-order valence-corrected chi connectivity index (χ1v) is 9.42. The normalized spacial score (nSPS) is 17.0. The summed E-state index contributed by atoms with van der Waals surface area (Å²) in [6.45, 7) is 3.55. The second-order valence-electron chi connectivity index (χ2n) is 6.73. The zero-order valence-electron chi connectivity index (χ0n) is 16.5. The molecule has 2 N–H and O–H groups in total. The van der Waals surface area contributed by atoms with E-state index in [2.05, 4.69) is 20.6 Å². The smallest absolute Gasteiger partial charge is 0.257 e. The molecule has 2 aromatic rings. The molecule has 28 heavy (non-hydrogen) atoms.